The van der Waals surface area contributed by atoms with Gasteiger partial charge in [-0.25, -0.2) is 13.1 Å². The number of sulfonamides is 1. The van der Waals surface area contributed by atoms with Crippen molar-refractivity contribution < 1.29 is 18.3 Å². The van der Waals surface area contributed by atoms with Gasteiger partial charge in [-0.2, -0.15) is 0 Å². The minimum Gasteiger partial charge on any atom is -0.481 e. The lowest BCUT2D eigenvalue weighted by atomic mass is 10.1. The Kier molecular flexibility index (Phi) is 4.69. The Morgan fingerprint density at radius 3 is 2.44 bits per heavy atom. The van der Waals surface area contributed by atoms with E-state index in [4.69, 9.17) is 5.11 Å². The quantitative estimate of drug-likeness (QED) is 0.685. The van der Waals surface area contributed by atoms with Crippen molar-refractivity contribution in [3.05, 3.63) is 0 Å². The van der Waals surface area contributed by atoms with Gasteiger partial charge in [0.2, 0.25) is 10.0 Å². The fraction of sp³-hybridized carbons (Fsp3) is 0.889. The Bertz CT molecular complexity index is 333. The summed E-state index contributed by atoms with van der Waals surface area (Å²) in [5.74, 6) is -0.795. The fourth-order valence-corrected chi connectivity index (χ4v) is 2.67. The van der Waals surface area contributed by atoms with Crippen molar-refractivity contribution in [1.29, 1.82) is 0 Å². The molecule has 1 heterocycles. The second kappa shape index (κ2) is 5.60. The molecular weight excluding hydrogens is 232 g/mol. The Balaban J connectivity index is 2.26. The highest BCUT2D eigenvalue weighted by atomic mass is 32.2. The number of carbonyl (C=O) groups is 1. The van der Waals surface area contributed by atoms with Crippen molar-refractivity contribution in [1.82, 2.24) is 9.62 Å². The van der Waals surface area contributed by atoms with Gasteiger partial charge in [0.05, 0.1) is 12.7 Å². The maximum atomic E-state index is 11.0. The number of rotatable bonds is 5. The second-order valence-electron chi connectivity index (χ2n) is 4.15. The van der Waals surface area contributed by atoms with E-state index in [0.29, 0.717) is 6.54 Å². The van der Waals surface area contributed by atoms with Crippen LogP contribution >= 0.6 is 0 Å². The van der Waals surface area contributed by atoms with Gasteiger partial charge in [0, 0.05) is 12.6 Å². The number of nitrogens with zero attached hydrogens (tertiary/aromatic N) is 1. The first-order valence-corrected chi connectivity index (χ1v) is 7.17. The van der Waals surface area contributed by atoms with E-state index in [-0.39, 0.29) is 12.5 Å². The average molecular weight is 250 g/mol. The minimum atomic E-state index is -3.13. The Morgan fingerprint density at radius 1 is 1.44 bits per heavy atom. The third-order valence-electron chi connectivity index (χ3n) is 2.61. The molecule has 6 nitrogen and oxygen atoms in total. The number of carboxylic acids is 1. The molecule has 94 valence electrons. The second-order valence-corrected chi connectivity index (χ2v) is 5.93. The van der Waals surface area contributed by atoms with Gasteiger partial charge >= 0.3 is 5.97 Å². The van der Waals surface area contributed by atoms with Crippen LogP contribution in [-0.4, -0.2) is 56.3 Å². The molecule has 1 saturated heterocycles. The van der Waals surface area contributed by atoms with Crippen molar-refractivity contribution in [3.63, 3.8) is 0 Å². The number of nitrogens with one attached hydrogen (secondary N) is 1. The summed E-state index contributed by atoms with van der Waals surface area (Å²) in [6.45, 7) is 2.04. The van der Waals surface area contributed by atoms with Gasteiger partial charge in [-0.3, -0.25) is 4.79 Å². The maximum Gasteiger partial charge on any atom is 0.304 e. The standard InChI is InChI=1S/C9H18N2O4S/c1-16(14,15)10-8-2-5-11(6-3-8)7-4-9(12)13/h8,10H,2-7H2,1H3,(H,12,13). The third-order valence-corrected chi connectivity index (χ3v) is 3.37. The highest BCUT2D eigenvalue weighted by Crippen LogP contribution is 2.11. The number of aliphatic carboxylic acids is 1. The van der Waals surface area contributed by atoms with Crippen LogP contribution in [-0.2, 0) is 14.8 Å². The largest absolute Gasteiger partial charge is 0.481 e. The van der Waals surface area contributed by atoms with Crippen LogP contribution in [0.4, 0.5) is 0 Å². The SMILES string of the molecule is CS(=O)(=O)NC1CCN(CCC(=O)O)CC1. The van der Waals surface area contributed by atoms with E-state index in [2.05, 4.69) is 9.62 Å². The zero-order valence-corrected chi connectivity index (χ0v) is 10.2. The molecule has 1 rings (SSSR count). The summed E-state index contributed by atoms with van der Waals surface area (Å²) >= 11 is 0. The molecule has 0 aromatic rings. The van der Waals surface area contributed by atoms with E-state index in [1.54, 1.807) is 0 Å². The van der Waals surface area contributed by atoms with Crippen LogP contribution in [0.5, 0.6) is 0 Å². The van der Waals surface area contributed by atoms with E-state index in [1.165, 1.54) is 0 Å². The average Bonchev–Trinajstić information content (AvgIpc) is 2.14. The van der Waals surface area contributed by atoms with Crippen LogP contribution in [0.1, 0.15) is 19.3 Å². The number of hydrogen-bond acceptors (Lipinski definition) is 4. The zero-order chi connectivity index (χ0) is 12.2. The molecule has 0 saturated carbocycles. The van der Waals surface area contributed by atoms with Crippen LogP contribution in [0, 0.1) is 0 Å². The van der Waals surface area contributed by atoms with E-state index < -0.39 is 16.0 Å². The summed E-state index contributed by atoms with van der Waals surface area (Å²) in [5, 5.41) is 8.53. The van der Waals surface area contributed by atoms with Crippen molar-refractivity contribution in [2.24, 2.45) is 0 Å². The smallest absolute Gasteiger partial charge is 0.304 e. The van der Waals surface area contributed by atoms with Crippen molar-refractivity contribution in [3.8, 4) is 0 Å². The normalized spacial score (nSPS) is 19.8. The maximum absolute atomic E-state index is 11.0. The molecule has 0 aliphatic carbocycles. The van der Waals surface area contributed by atoms with Crippen molar-refractivity contribution >= 4 is 16.0 Å². The Labute approximate surface area is 95.7 Å². The molecule has 2 N–H and O–H groups in total. The molecule has 1 aliphatic rings. The molecule has 1 fully saturated rings. The number of piperidine rings is 1. The lowest BCUT2D eigenvalue weighted by molar-refractivity contribution is -0.137. The first-order valence-electron chi connectivity index (χ1n) is 5.28. The molecule has 0 amide bonds. The third kappa shape index (κ3) is 5.43. The Hall–Kier alpha value is -0.660. The topological polar surface area (TPSA) is 86.7 Å². The van der Waals surface area contributed by atoms with E-state index in [9.17, 15) is 13.2 Å². The predicted molar refractivity (Wildman–Crippen MR) is 59.7 cm³/mol. The van der Waals surface area contributed by atoms with E-state index in [0.717, 1.165) is 32.2 Å². The number of carboxylic acid groups (broad SMARTS) is 1. The van der Waals surface area contributed by atoms with Crippen LogP contribution in [0.2, 0.25) is 0 Å². The van der Waals surface area contributed by atoms with Gasteiger partial charge in [0.1, 0.15) is 0 Å². The lowest BCUT2D eigenvalue weighted by Crippen LogP contribution is -2.44. The van der Waals surface area contributed by atoms with Crippen LogP contribution in [0.25, 0.3) is 0 Å². The summed E-state index contributed by atoms with van der Waals surface area (Å²) in [4.78, 5) is 12.4. The molecular formula is C9H18N2O4S. The van der Waals surface area contributed by atoms with Crippen LogP contribution in [0.15, 0.2) is 0 Å². The highest BCUT2D eigenvalue weighted by Gasteiger charge is 2.21. The summed E-state index contributed by atoms with van der Waals surface area (Å²) in [6.07, 6.45) is 2.79. The van der Waals surface area contributed by atoms with Gasteiger partial charge in [-0.05, 0) is 25.9 Å². The van der Waals surface area contributed by atoms with Gasteiger partial charge in [-0.15, -0.1) is 0 Å². The molecule has 7 heteroatoms. The number of hydrogen-bond donors (Lipinski definition) is 2. The lowest BCUT2D eigenvalue weighted by Gasteiger charge is -2.31. The van der Waals surface area contributed by atoms with Gasteiger partial charge in [-0.1, -0.05) is 0 Å². The summed E-state index contributed by atoms with van der Waals surface area (Å²) < 4.78 is 24.6. The predicted octanol–water partition coefficient (Wildman–Crippen LogP) is -0.525. The van der Waals surface area contributed by atoms with E-state index >= 15 is 0 Å². The van der Waals surface area contributed by atoms with Gasteiger partial charge in [0.15, 0.2) is 0 Å². The number of likely N-dealkylation sites (tertiary alicyclic amines) is 1. The molecule has 0 atom stereocenters. The first kappa shape index (κ1) is 13.4. The molecule has 1 aliphatic heterocycles. The van der Waals surface area contributed by atoms with Gasteiger partial charge in [0.25, 0.3) is 0 Å². The van der Waals surface area contributed by atoms with Crippen molar-refractivity contribution in [2.45, 2.75) is 25.3 Å². The minimum absolute atomic E-state index is 0.00363. The monoisotopic (exact) mass is 250 g/mol. The van der Waals surface area contributed by atoms with Crippen LogP contribution in [0.3, 0.4) is 0 Å². The summed E-state index contributed by atoms with van der Waals surface area (Å²) in [6, 6.07) is -0.00363. The molecule has 0 spiro atoms. The van der Waals surface area contributed by atoms with Crippen LogP contribution < -0.4 is 4.72 Å². The first-order chi connectivity index (χ1) is 7.37. The molecule has 16 heavy (non-hydrogen) atoms. The zero-order valence-electron chi connectivity index (χ0n) is 9.35. The summed E-state index contributed by atoms with van der Waals surface area (Å²) in [7, 11) is -3.13. The Morgan fingerprint density at radius 2 is 2.00 bits per heavy atom. The highest BCUT2D eigenvalue weighted by molar-refractivity contribution is 7.88. The van der Waals surface area contributed by atoms with Crippen molar-refractivity contribution in [2.75, 3.05) is 25.9 Å². The van der Waals surface area contributed by atoms with Gasteiger partial charge < -0.3 is 10.0 Å². The molecule has 0 unspecified atom stereocenters. The fourth-order valence-electron chi connectivity index (χ4n) is 1.83. The molecule has 0 bridgehead atoms. The summed E-state index contributed by atoms with van der Waals surface area (Å²) in [5.41, 5.74) is 0. The molecule has 0 radical (unpaired) electrons. The molecule has 0 aromatic carbocycles. The van der Waals surface area contributed by atoms with E-state index in [1.807, 2.05) is 0 Å². The molecule has 0 aromatic heterocycles.